The van der Waals surface area contributed by atoms with E-state index in [2.05, 4.69) is 47.6 Å². The van der Waals surface area contributed by atoms with Crippen molar-refractivity contribution in [1.82, 2.24) is 10.2 Å². The Hall–Kier alpha value is -0.680. The number of hydrogen-bond donors (Lipinski definition) is 1. The van der Waals surface area contributed by atoms with Crippen molar-refractivity contribution in [3.05, 3.63) is 43.8 Å². The summed E-state index contributed by atoms with van der Waals surface area (Å²) in [5.41, 5.74) is 1.55. The molecule has 0 aliphatic carbocycles. The highest BCUT2D eigenvalue weighted by molar-refractivity contribution is 7.12. The first kappa shape index (κ1) is 14.3. The van der Waals surface area contributed by atoms with Crippen molar-refractivity contribution in [2.75, 3.05) is 13.1 Å². The largest absolute Gasteiger partial charge is 0.312 e. The first-order valence-corrected chi connectivity index (χ1v) is 9.06. The van der Waals surface area contributed by atoms with Gasteiger partial charge in [-0.3, -0.25) is 4.90 Å². The van der Waals surface area contributed by atoms with Crippen LogP contribution >= 0.6 is 22.7 Å². The van der Waals surface area contributed by atoms with Crippen molar-refractivity contribution in [2.24, 2.45) is 0 Å². The molecule has 0 radical (unpaired) electrons. The van der Waals surface area contributed by atoms with Gasteiger partial charge in [-0.15, -0.1) is 22.7 Å². The molecule has 0 saturated heterocycles. The molecule has 0 saturated carbocycles. The lowest BCUT2D eigenvalue weighted by Gasteiger charge is -2.33. The maximum atomic E-state index is 3.40. The number of rotatable bonds is 5. The zero-order valence-corrected chi connectivity index (χ0v) is 13.8. The topological polar surface area (TPSA) is 15.3 Å². The zero-order valence-electron chi connectivity index (χ0n) is 12.2. The van der Waals surface area contributed by atoms with Crippen molar-refractivity contribution in [3.63, 3.8) is 0 Å². The fraction of sp³-hybridized carbons (Fsp3) is 0.500. The fourth-order valence-electron chi connectivity index (χ4n) is 2.83. The summed E-state index contributed by atoms with van der Waals surface area (Å²) in [4.78, 5) is 7.14. The Bertz CT molecular complexity index is 558. The molecule has 1 aliphatic rings. The first-order chi connectivity index (χ1) is 9.78. The van der Waals surface area contributed by atoms with Crippen LogP contribution in [-0.2, 0) is 19.5 Å². The summed E-state index contributed by atoms with van der Waals surface area (Å²) in [5, 5.41) is 5.64. The summed E-state index contributed by atoms with van der Waals surface area (Å²) >= 11 is 3.87. The van der Waals surface area contributed by atoms with E-state index in [9.17, 15) is 0 Å². The molecule has 1 unspecified atom stereocenters. The fourth-order valence-corrected chi connectivity index (χ4v) is 4.80. The van der Waals surface area contributed by atoms with Gasteiger partial charge < -0.3 is 5.32 Å². The van der Waals surface area contributed by atoms with Gasteiger partial charge >= 0.3 is 0 Å². The van der Waals surface area contributed by atoms with Gasteiger partial charge in [0.1, 0.15) is 0 Å². The lowest BCUT2D eigenvalue weighted by atomic mass is 10.0. The second-order valence-electron chi connectivity index (χ2n) is 5.34. The van der Waals surface area contributed by atoms with E-state index in [1.807, 2.05) is 22.7 Å². The average Bonchev–Trinajstić information content (AvgIpc) is 3.09. The van der Waals surface area contributed by atoms with Crippen LogP contribution in [0.5, 0.6) is 0 Å². The molecule has 4 heteroatoms. The minimum atomic E-state index is 0.560. The normalized spacial score (nSPS) is 19.2. The number of nitrogens with zero attached hydrogens (tertiary/aromatic N) is 1. The van der Waals surface area contributed by atoms with E-state index in [0.29, 0.717) is 6.04 Å². The standard InChI is InChI=1S/C16H22N2S2/c1-3-17-10-13-4-5-14(20-13)11-18-8-6-16-15(12(18)2)7-9-19-16/h4-5,7,9,12,17H,3,6,8,10-11H2,1-2H3. The SMILES string of the molecule is CCNCc1ccc(CN2CCc3sccc3C2C)s1. The summed E-state index contributed by atoms with van der Waals surface area (Å²) < 4.78 is 0. The van der Waals surface area contributed by atoms with E-state index < -0.39 is 0 Å². The number of hydrogen-bond acceptors (Lipinski definition) is 4. The smallest absolute Gasteiger partial charge is 0.0334 e. The molecule has 2 aromatic heterocycles. The summed E-state index contributed by atoms with van der Waals surface area (Å²) in [6, 6.07) is 7.44. The third kappa shape index (κ3) is 2.98. The Labute approximate surface area is 129 Å². The van der Waals surface area contributed by atoms with Gasteiger partial charge in [-0.25, -0.2) is 0 Å². The van der Waals surface area contributed by atoms with Gasteiger partial charge in [-0.1, -0.05) is 6.92 Å². The van der Waals surface area contributed by atoms with Crippen LogP contribution in [0.25, 0.3) is 0 Å². The molecule has 108 valence electrons. The highest BCUT2D eigenvalue weighted by Gasteiger charge is 2.24. The Balaban J connectivity index is 1.65. The molecule has 2 aromatic rings. The van der Waals surface area contributed by atoms with E-state index in [0.717, 1.165) is 19.6 Å². The molecule has 3 rings (SSSR count). The van der Waals surface area contributed by atoms with E-state index in [1.54, 1.807) is 10.4 Å². The predicted octanol–water partition coefficient (Wildman–Crippen LogP) is 4.04. The van der Waals surface area contributed by atoms with Gasteiger partial charge in [0.05, 0.1) is 0 Å². The zero-order chi connectivity index (χ0) is 13.9. The third-order valence-corrected chi connectivity index (χ3v) is 6.10. The van der Waals surface area contributed by atoms with Crippen LogP contribution in [0.3, 0.4) is 0 Å². The Morgan fingerprint density at radius 2 is 2.15 bits per heavy atom. The van der Waals surface area contributed by atoms with Crippen molar-refractivity contribution in [1.29, 1.82) is 0 Å². The maximum absolute atomic E-state index is 3.40. The molecular formula is C16H22N2S2. The van der Waals surface area contributed by atoms with Gasteiger partial charge in [0.25, 0.3) is 0 Å². The highest BCUT2D eigenvalue weighted by Crippen LogP contribution is 2.34. The van der Waals surface area contributed by atoms with E-state index in [-0.39, 0.29) is 0 Å². The summed E-state index contributed by atoms with van der Waals surface area (Å²) in [6.07, 6.45) is 1.22. The van der Waals surface area contributed by atoms with Crippen LogP contribution in [-0.4, -0.2) is 18.0 Å². The number of nitrogens with one attached hydrogen (secondary N) is 1. The van der Waals surface area contributed by atoms with E-state index in [4.69, 9.17) is 0 Å². The summed E-state index contributed by atoms with van der Waals surface area (Å²) in [6.45, 7) is 8.82. The van der Waals surface area contributed by atoms with Crippen LogP contribution in [0.2, 0.25) is 0 Å². The van der Waals surface area contributed by atoms with E-state index >= 15 is 0 Å². The van der Waals surface area contributed by atoms with Gasteiger partial charge in [0, 0.05) is 40.3 Å². The Morgan fingerprint density at radius 1 is 1.30 bits per heavy atom. The predicted molar refractivity (Wildman–Crippen MR) is 88.5 cm³/mol. The van der Waals surface area contributed by atoms with Gasteiger partial charge in [0.15, 0.2) is 0 Å². The van der Waals surface area contributed by atoms with Crippen LogP contribution in [0.1, 0.15) is 40.1 Å². The Kier molecular flexibility index (Phi) is 4.56. The lowest BCUT2D eigenvalue weighted by Crippen LogP contribution is -2.32. The Morgan fingerprint density at radius 3 is 3.00 bits per heavy atom. The monoisotopic (exact) mass is 306 g/mol. The van der Waals surface area contributed by atoms with Crippen molar-refractivity contribution >= 4 is 22.7 Å². The van der Waals surface area contributed by atoms with Crippen LogP contribution in [0.4, 0.5) is 0 Å². The van der Waals surface area contributed by atoms with Gasteiger partial charge in [0.2, 0.25) is 0 Å². The minimum absolute atomic E-state index is 0.560. The average molecular weight is 306 g/mol. The first-order valence-electron chi connectivity index (χ1n) is 7.36. The molecule has 1 N–H and O–H groups in total. The van der Waals surface area contributed by atoms with Crippen molar-refractivity contribution in [2.45, 2.75) is 39.4 Å². The molecule has 0 amide bonds. The lowest BCUT2D eigenvalue weighted by molar-refractivity contribution is 0.193. The van der Waals surface area contributed by atoms with Crippen LogP contribution in [0.15, 0.2) is 23.6 Å². The second-order valence-corrected chi connectivity index (χ2v) is 7.60. The minimum Gasteiger partial charge on any atom is -0.312 e. The molecular weight excluding hydrogens is 284 g/mol. The van der Waals surface area contributed by atoms with Crippen LogP contribution in [0, 0.1) is 0 Å². The summed E-state index contributed by atoms with van der Waals surface area (Å²) in [7, 11) is 0. The molecule has 0 spiro atoms. The molecule has 3 heterocycles. The van der Waals surface area contributed by atoms with Gasteiger partial charge in [-0.2, -0.15) is 0 Å². The van der Waals surface area contributed by atoms with E-state index in [1.165, 1.54) is 22.7 Å². The maximum Gasteiger partial charge on any atom is 0.0334 e. The molecule has 1 atom stereocenters. The molecule has 0 aromatic carbocycles. The highest BCUT2D eigenvalue weighted by atomic mass is 32.1. The van der Waals surface area contributed by atoms with Crippen molar-refractivity contribution < 1.29 is 0 Å². The molecule has 20 heavy (non-hydrogen) atoms. The second kappa shape index (κ2) is 6.39. The summed E-state index contributed by atoms with van der Waals surface area (Å²) in [5.74, 6) is 0. The molecule has 0 bridgehead atoms. The molecule has 1 aliphatic heterocycles. The third-order valence-electron chi connectivity index (χ3n) is 4.03. The van der Waals surface area contributed by atoms with Gasteiger partial charge in [-0.05, 0) is 49.0 Å². The molecule has 0 fully saturated rings. The van der Waals surface area contributed by atoms with Crippen LogP contribution < -0.4 is 5.32 Å². The molecule has 2 nitrogen and oxygen atoms in total. The number of fused-ring (bicyclic) bond motifs is 1. The number of thiophene rings is 2. The van der Waals surface area contributed by atoms with Crippen molar-refractivity contribution in [3.8, 4) is 0 Å². The quantitative estimate of drug-likeness (QED) is 0.897.